The van der Waals surface area contributed by atoms with Crippen molar-refractivity contribution in [3.8, 4) is 0 Å². The van der Waals surface area contributed by atoms with Crippen LogP contribution in [0, 0.1) is 11.8 Å². The highest BCUT2D eigenvalue weighted by Crippen LogP contribution is 2.42. The normalized spacial score (nSPS) is 40.1. The van der Waals surface area contributed by atoms with E-state index in [1.54, 1.807) is 0 Å². The number of carbonyl (C=O) groups is 2. The average molecular weight is 753 g/mol. The zero-order valence-electron chi connectivity index (χ0n) is 31.9. The summed E-state index contributed by atoms with van der Waals surface area (Å²) in [6.45, 7) is 13.8. The van der Waals surface area contributed by atoms with Crippen LogP contribution in [0.25, 0.3) is 0 Å². The molecule has 5 rings (SSSR count). The minimum absolute atomic E-state index is 0.000627. The highest BCUT2D eigenvalue weighted by atomic mass is 16.6. The lowest BCUT2D eigenvalue weighted by Gasteiger charge is -2.46. The van der Waals surface area contributed by atoms with Crippen LogP contribution >= 0.6 is 0 Å². The molecule has 5 aliphatic heterocycles. The first kappa shape index (κ1) is 42.5. The van der Waals surface area contributed by atoms with Gasteiger partial charge in [-0.15, -0.1) is 0 Å². The summed E-state index contributed by atoms with van der Waals surface area (Å²) in [4.78, 5) is 26.6. The molecular weight excluding hydrogens is 688 g/mol. The number of methoxy groups -OCH3 is 1. The van der Waals surface area contributed by atoms with Gasteiger partial charge >= 0.3 is 0 Å². The molecule has 13 nitrogen and oxygen atoms in total. The van der Waals surface area contributed by atoms with Gasteiger partial charge in [0, 0.05) is 51.6 Å². The molecule has 5 heterocycles. The Morgan fingerprint density at radius 1 is 0.868 bits per heavy atom. The fraction of sp³-hybridized carbons (Fsp3) is 0.850. The van der Waals surface area contributed by atoms with Gasteiger partial charge in [0.05, 0.1) is 67.6 Å². The van der Waals surface area contributed by atoms with Gasteiger partial charge < -0.3 is 54.0 Å². The van der Waals surface area contributed by atoms with Crippen LogP contribution in [0.4, 0.5) is 0 Å². The Morgan fingerprint density at radius 3 is 2.26 bits per heavy atom. The summed E-state index contributed by atoms with van der Waals surface area (Å²) in [5, 5.41) is 53.2. The predicted molar refractivity (Wildman–Crippen MR) is 193 cm³/mol. The van der Waals surface area contributed by atoms with Crippen LogP contribution in [0.1, 0.15) is 97.8 Å². The molecule has 0 aromatic heterocycles. The lowest BCUT2D eigenvalue weighted by molar-refractivity contribution is -0.259. The molecular formula is C40H64O13. The third-order valence-electron chi connectivity index (χ3n) is 12.4. The lowest BCUT2D eigenvalue weighted by Crippen LogP contribution is -2.61. The summed E-state index contributed by atoms with van der Waals surface area (Å²) in [6.07, 6.45) is -5.25. The first-order valence-electron chi connectivity index (χ1n) is 19.8. The van der Waals surface area contributed by atoms with Crippen molar-refractivity contribution in [1.29, 1.82) is 0 Å². The number of hydrogen-bond donors (Lipinski definition) is 5. The minimum Gasteiger partial charge on any atom is -0.394 e. The number of rotatable bonds is 19. The van der Waals surface area contributed by atoms with Gasteiger partial charge in [0.25, 0.3) is 0 Å². The molecule has 0 aromatic rings. The van der Waals surface area contributed by atoms with E-state index >= 15 is 0 Å². The average Bonchev–Trinajstić information content (AvgIpc) is 3.77. The molecule has 53 heavy (non-hydrogen) atoms. The molecule has 17 atom stereocenters. The number of hydrogen-bond acceptors (Lipinski definition) is 13. The van der Waals surface area contributed by atoms with E-state index in [1.165, 1.54) is 7.11 Å². The van der Waals surface area contributed by atoms with E-state index < -0.39 is 91.9 Å². The highest BCUT2D eigenvalue weighted by Gasteiger charge is 2.57. The summed E-state index contributed by atoms with van der Waals surface area (Å²) in [5.74, 6) is -0.475. The van der Waals surface area contributed by atoms with Gasteiger partial charge in [0.15, 0.2) is 0 Å². The fourth-order valence-electron chi connectivity index (χ4n) is 9.04. The maximum atomic E-state index is 13.7. The molecule has 0 aromatic carbocycles. The molecule has 5 N–H and O–H groups in total. The summed E-state index contributed by atoms with van der Waals surface area (Å²) < 4.78 is 36.7. The smallest absolute Gasteiger partial charge is 0.135 e. The fourth-order valence-corrected chi connectivity index (χ4v) is 9.04. The van der Waals surface area contributed by atoms with E-state index in [0.717, 1.165) is 24.8 Å². The van der Waals surface area contributed by atoms with E-state index in [0.29, 0.717) is 31.3 Å². The zero-order chi connectivity index (χ0) is 38.6. The molecule has 0 aliphatic carbocycles. The van der Waals surface area contributed by atoms with Gasteiger partial charge in [0.2, 0.25) is 0 Å². The zero-order valence-corrected chi connectivity index (χ0v) is 31.9. The van der Waals surface area contributed by atoms with E-state index in [-0.39, 0.29) is 61.8 Å². The molecule has 0 amide bonds. The molecule has 0 bridgehead atoms. The third kappa shape index (κ3) is 10.0. The SMILES string of the molecule is C=C1CC(CCC(=O)C[C@H]2OC3C(O)C4OC(CC(=O)CC5[C@@H](OC)C(CC(O)CO)O[C@H]5CC(O)C(=C)[C@H](C)CC)CCC4O[C@H]3C2O)OC1CC. The summed E-state index contributed by atoms with van der Waals surface area (Å²) in [6, 6.07) is 0. The van der Waals surface area contributed by atoms with E-state index in [2.05, 4.69) is 13.2 Å². The minimum atomic E-state index is -1.13. The van der Waals surface area contributed by atoms with Crippen LogP contribution in [0.5, 0.6) is 0 Å². The number of aliphatic hydroxyl groups excluding tert-OH is 5. The van der Waals surface area contributed by atoms with Crippen LogP contribution in [0.15, 0.2) is 24.3 Å². The largest absolute Gasteiger partial charge is 0.394 e. The Labute approximate surface area is 314 Å². The summed E-state index contributed by atoms with van der Waals surface area (Å²) in [7, 11) is 1.52. The van der Waals surface area contributed by atoms with Gasteiger partial charge in [-0.2, -0.15) is 0 Å². The van der Waals surface area contributed by atoms with E-state index in [1.807, 2.05) is 20.8 Å². The van der Waals surface area contributed by atoms with E-state index in [9.17, 15) is 35.1 Å². The van der Waals surface area contributed by atoms with Gasteiger partial charge in [-0.1, -0.05) is 33.9 Å². The Kier molecular flexibility index (Phi) is 15.3. The molecule has 5 fully saturated rings. The van der Waals surface area contributed by atoms with Crippen LogP contribution in [0.2, 0.25) is 0 Å². The molecule has 13 heteroatoms. The number of carbonyl (C=O) groups excluding carboxylic acids is 2. The van der Waals surface area contributed by atoms with Crippen molar-refractivity contribution >= 4 is 11.6 Å². The van der Waals surface area contributed by atoms with Crippen molar-refractivity contribution < 1.29 is 63.5 Å². The van der Waals surface area contributed by atoms with Crippen molar-refractivity contribution in [2.24, 2.45) is 11.8 Å². The Bertz CT molecular complexity index is 1260. The van der Waals surface area contributed by atoms with Crippen molar-refractivity contribution in [3.63, 3.8) is 0 Å². The Morgan fingerprint density at radius 2 is 1.60 bits per heavy atom. The second-order valence-corrected chi connectivity index (χ2v) is 16.1. The topological polar surface area (TPSA) is 191 Å². The van der Waals surface area contributed by atoms with Gasteiger partial charge in [-0.3, -0.25) is 9.59 Å². The standard InChI is InChI=1S/C40H64O13/c1-7-20(3)22(5)29(45)18-32-28(37(48-6)34(51-32)17-25(44)19-41)15-24(43)14-27-11-12-31-38(50-27)36(47)40-39(52-31)35(46)33(53-40)16-23(42)9-10-26-13-21(4)30(8-2)49-26/h20,25-41,44-47H,4-5,7-19H2,1-3,6H3/t20-,25?,26?,27?,28?,29?,30?,31?,32+,33-,34?,35?,36?,37-,38?,39+,40?/m1/s1. The Balaban J connectivity index is 1.15. The highest BCUT2D eigenvalue weighted by molar-refractivity contribution is 5.79. The van der Waals surface area contributed by atoms with Crippen LogP contribution in [0.3, 0.4) is 0 Å². The molecule has 12 unspecified atom stereocenters. The van der Waals surface area contributed by atoms with Gasteiger partial charge in [0.1, 0.15) is 42.1 Å². The first-order valence-corrected chi connectivity index (χ1v) is 19.8. The molecule has 0 spiro atoms. The quantitative estimate of drug-likeness (QED) is 0.121. The van der Waals surface area contributed by atoms with Crippen LogP contribution in [-0.2, 0) is 38.0 Å². The van der Waals surface area contributed by atoms with Crippen LogP contribution in [-0.4, -0.2) is 142 Å². The predicted octanol–water partition coefficient (Wildman–Crippen LogP) is 2.50. The molecule has 0 saturated carbocycles. The monoisotopic (exact) mass is 752 g/mol. The number of ketones is 2. The Hall–Kier alpha value is -1.62. The number of Topliss-reactive ketones (excluding diaryl/α,β-unsaturated/α-hetero) is 2. The second-order valence-electron chi connectivity index (χ2n) is 16.1. The molecule has 302 valence electrons. The van der Waals surface area contributed by atoms with Crippen molar-refractivity contribution in [2.75, 3.05) is 13.7 Å². The second kappa shape index (κ2) is 19.0. The van der Waals surface area contributed by atoms with Crippen LogP contribution < -0.4 is 0 Å². The maximum absolute atomic E-state index is 13.7. The van der Waals surface area contributed by atoms with Gasteiger partial charge in [-0.05, 0) is 55.6 Å². The number of fused-ring (bicyclic) bond motifs is 2. The number of aliphatic hydroxyl groups is 5. The molecule has 0 radical (unpaired) electrons. The first-order chi connectivity index (χ1) is 25.3. The molecule has 5 saturated heterocycles. The van der Waals surface area contributed by atoms with Gasteiger partial charge in [-0.25, -0.2) is 0 Å². The van der Waals surface area contributed by atoms with E-state index in [4.69, 9.17) is 28.4 Å². The van der Waals surface area contributed by atoms with Crippen molar-refractivity contribution in [1.82, 2.24) is 0 Å². The maximum Gasteiger partial charge on any atom is 0.135 e. The summed E-state index contributed by atoms with van der Waals surface area (Å²) in [5.41, 5.74) is 1.75. The summed E-state index contributed by atoms with van der Waals surface area (Å²) >= 11 is 0. The third-order valence-corrected chi connectivity index (χ3v) is 12.4. The molecule has 5 aliphatic rings. The number of ether oxygens (including phenoxy) is 6. The van der Waals surface area contributed by atoms with Crippen molar-refractivity contribution in [3.05, 3.63) is 24.3 Å². The van der Waals surface area contributed by atoms with Crippen molar-refractivity contribution in [2.45, 2.75) is 189 Å². The lowest BCUT2D eigenvalue weighted by atomic mass is 9.83.